The second kappa shape index (κ2) is 5.88. The van der Waals surface area contributed by atoms with Gasteiger partial charge < -0.3 is 5.32 Å². The number of aromatic nitrogens is 4. The Kier molecular flexibility index (Phi) is 4.21. The van der Waals surface area contributed by atoms with Gasteiger partial charge in [-0.25, -0.2) is 0 Å². The van der Waals surface area contributed by atoms with E-state index in [0.717, 1.165) is 5.69 Å². The fourth-order valence-electron chi connectivity index (χ4n) is 1.87. The number of rotatable bonds is 5. The number of hydrogen-bond acceptors (Lipinski definition) is 3. The molecule has 2 rings (SSSR count). The number of nitrogens with zero attached hydrogens (tertiary/aromatic N) is 4. The van der Waals surface area contributed by atoms with E-state index in [1.165, 1.54) is 0 Å². The highest BCUT2D eigenvalue weighted by Gasteiger charge is 2.13. The van der Waals surface area contributed by atoms with E-state index in [1.807, 2.05) is 13.8 Å². The minimum absolute atomic E-state index is 0.167. The van der Waals surface area contributed by atoms with Crippen molar-refractivity contribution >= 4 is 17.5 Å². The van der Waals surface area contributed by atoms with Gasteiger partial charge in [0, 0.05) is 19.3 Å². The lowest BCUT2D eigenvalue weighted by Crippen LogP contribution is -2.27. The topological polar surface area (TPSA) is 64.7 Å². The summed E-state index contributed by atoms with van der Waals surface area (Å²) in [5.41, 5.74) is 1.35. The highest BCUT2D eigenvalue weighted by Crippen LogP contribution is 2.14. The second-order valence-corrected chi connectivity index (χ2v) is 4.38. The molecule has 102 valence electrons. The van der Waals surface area contributed by atoms with Crippen molar-refractivity contribution in [3.8, 4) is 0 Å². The Bertz CT molecular complexity index is 574. The van der Waals surface area contributed by atoms with Crippen LogP contribution in [-0.2, 0) is 19.6 Å². The van der Waals surface area contributed by atoms with Crippen molar-refractivity contribution in [1.82, 2.24) is 24.9 Å². The van der Waals surface area contributed by atoms with E-state index in [1.54, 1.807) is 27.8 Å². The molecule has 0 saturated heterocycles. The van der Waals surface area contributed by atoms with Gasteiger partial charge in [-0.3, -0.25) is 14.2 Å². The first-order valence-electron chi connectivity index (χ1n) is 6.17. The molecule has 0 saturated carbocycles. The molecule has 2 heterocycles. The average Bonchev–Trinajstić information content (AvgIpc) is 3.02. The quantitative estimate of drug-likeness (QED) is 0.907. The molecule has 1 amide bonds. The maximum Gasteiger partial charge on any atom is 0.269 e. The largest absolute Gasteiger partial charge is 0.345 e. The summed E-state index contributed by atoms with van der Waals surface area (Å²) in [4.78, 5) is 12.0. The monoisotopic (exact) mass is 281 g/mol. The van der Waals surface area contributed by atoms with Crippen LogP contribution in [0.4, 0.5) is 0 Å². The Labute approximate surface area is 116 Å². The molecule has 0 spiro atoms. The van der Waals surface area contributed by atoms with Crippen LogP contribution in [-0.4, -0.2) is 25.5 Å². The third-order valence-corrected chi connectivity index (χ3v) is 3.18. The first kappa shape index (κ1) is 13.6. The molecule has 0 fully saturated rings. The van der Waals surface area contributed by atoms with Crippen molar-refractivity contribution in [2.75, 3.05) is 0 Å². The number of halogens is 1. The van der Waals surface area contributed by atoms with E-state index < -0.39 is 0 Å². The summed E-state index contributed by atoms with van der Waals surface area (Å²) in [5, 5.41) is 11.6. The summed E-state index contributed by atoms with van der Waals surface area (Å²) in [6.45, 7) is 5.63. The van der Waals surface area contributed by atoms with Crippen LogP contribution in [0.2, 0.25) is 5.02 Å². The Morgan fingerprint density at radius 2 is 2.05 bits per heavy atom. The summed E-state index contributed by atoms with van der Waals surface area (Å²) in [7, 11) is 0. The number of hydrogen-bond donors (Lipinski definition) is 1. The molecule has 19 heavy (non-hydrogen) atoms. The van der Waals surface area contributed by atoms with E-state index in [-0.39, 0.29) is 5.91 Å². The highest BCUT2D eigenvalue weighted by atomic mass is 35.5. The SMILES string of the molecule is CCn1nccc1C(=O)NCc1c(Cl)cnn1CC. The molecule has 0 bridgehead atoms. The van der Waals surface area contributed by atoms with Crippen LogP contribution in [0.1, 0.15) is 30.0 Å². The molecule has 0 aliphatic rings. The Balaban J connectivity index is 2.06. The minimum atomic E-state index is -0.167. The highest BCUT2D eigenvalue weighted by molar-refractivity contribution is 6.31. The van der Waals surface area contributed by atoms with Crippen molar-refractivity contribution in [2.24, 2.45) is 0 Å². The number of amides is 1. The van der Waals surface area contributed by atoms with Crippen molar-refractivity contribution in [3.63, 3.8) is 0 Å². The zero-order valence-electron chi connectivity index (χ0n) is 10.9. The number of aryl methyl sites for hydroxylation is 2. The fraction of sp³-hybridized carbons (Fsp3) is 0.417. The molecule has 0 radical (unpaired) electrons. The van der Waals surface area contributed by atoms with Crippen molar-refractivity contribution < 1.29 is 4.79 Å². The second-order valence-electron chi connectivity index (χ2n) is 3.97. The maximum atomic E-state index is 12.0. The third kappa shape index (κ3) is 2.78. The zero-order chi connectivity index (χ0) is 13.8. The molecule has 0 aromatic carbocycles. The summed E-state index contributed by atoms with van der Waals surface area (Å²) in [6.07, 6.45) is 3.20. The van der Waals surface area contributed by atoms with Crippen LogP contribution >= 0.6 is 11.6 Å². The predicted molar refractivity (Wildman–Crippen MR) is 72.0 cm³/mol. The lowest BCUT2D eigenvalue weighted by atomic mass is 10.3. The summed E-state index contributed by atoms with van der Waals surface area (Å²) < 4.78 is 3.41. The van der Waals surface area contributed by atoms with Gasteiger partial charge in [0.05, 0.1) is 23.5 Å². The van der Waals surface area contributed by atoms with E-state index in [4.69, 9.17) is 11.6 Å². The van der Waals surface area contributed by atoms with Gasteiger partial charge in [-0.2, -0.15) is 10.2 Å². The van der Waals surface area contributed by atoms with Crippen LogP contribution in [0.3, 0.4) is 0 Å². The van der Waals surface area contributed by atoms with Gasteiger partial charge >= 0.3 is 0 Å². The standard InChI is InChI=1S/C12H16ClN5O/c1-3-17-10(5-6-15-17)12(19)14-8-11-9(13)7-16-18(11)4-2/h5-7H,3-4,8H2,1-2H3,(H,14,19). The molecule has 7 heteroatoms. The van der Waals surface area contributed by atoms with Gasteiger partial charge in [0.2, 0.25) is 0 Å². The van der Waals surface area contributed by atoms with Gasteiger partial charge in [-0.1, -0.05) is 11.6 Å². The number of carbonyl (C=O) groups excluding carboxylic acids is 1. The van der Waals surface area contributed by atoms with Crippen LogP contribution in [0.25, 0.3) is 0 Å². The molecule has 1 N–H and O–H groups in total. The first-order chi connectivity index (χ1) is 9.17. The number of nitrogens with one attached hydrogen (secondary N) is 1. The van der Waals surface area contributed by atoms with Gasteiger partial charge in [0.25, 0.3) is 5.91 Å². The first-order valence-corrected chi connectivity index (χ1v) is 6.55. The molecule has 0 atom stereocenters. The molecular weight excluding hydrogens is 266 g/mol. The Hall–Kier alpha value is -1.82. The average molecular weight is 282 g/mol. The minimum Gasteiger partial charge on any atom is -0.345 e. The van der Waals surface area contributed by atoms with Crippen LogP contribution in [0.5, 0.6) is 0 Å². The maximum absolute atomic E-state index is 12.0. The van der Waals surface area contributed by atoms with Crippen LogP contribution in [0, 0.1) is 0 Å². The lowest BCUT2D eigenvalue weighted by Gasteiger charge is -2.08. The molecule has 0 aliphatic carbocycles. The summed E-state index contributed by atoms with van der Waals surface area (Å²) in [5.74, 6) is -0.167. The summed E-state index contributed by atoms with van der Waals surface area (Å²) in [6, 6.07) is 1.69. The van der Waals surface area contributed by atoms with Gasteiger partial charge in [-0.05, 0) is 19.9 Å². The van der Waals surface area contributed by atoms with Gasteiger partial charge in [0.1, 0.15) is 5.69 Å². The summed E-state index contributed by atoms with van der Waals surface area (Å²) >= 11 is 6.04. The fourth-order valence-corrected chi connectivity index (χ4v) is 2.08. The third-order valence-electron chi connectivity index (χ3n) is 2.86. The zero-order valence-corrected chi connectivity index (χ0v) is 11.7. The molecule has 2 aromatic rings. The number of carbonyl (C=O) groups is 1. The van der Waals surface area contributed by atoms with Crippen LogP contribution in [0.15, 0.2) is 18.5 Å². The van der Waals surface area contributed by atoms with Crippen molar-refractivity contribution in [3.05, 3.63) is 34.9 Å². The normalized spacial score (nSPS) is 10.7. The van der Waals surface area contributed by atoms with E-state index in [2.05, 4.69) is 15.5 Å². The Morgan fingerprint density at radius 1 is 1.32 bits per heavy atom. The van der Waals surface area contributed by atoms with Gasteiger partial charge in [-0.15, -0.1) is 0 Å². The van der Waals surface area contributed by atoms with Crippen molar-refractivity contribution in [2.45, 2.75) is 33.5 Å². The molecule has 0 aliphatic heterocycles. The molecule has 2 aromatic heterocycles. The van der Waals surface area contributed by atoms with Gasteiger partial charge in [0.15, 0.2) is 0 Å². The molecule has 0 unspecified atom stereocenters. The van der Waals surface area contributed by atoms with Crippen molar-refractivity contribution in [1.29, 1.82) is 0 Å². The molecular formula is C12H16ClN5O. The van der Waals surface area contributed by atoms with Crippen LogP contribution < -0.4 is 5.32 Å². The van der Waals surface area contributed by atoms with E-state index in [0.29, 0.717) is 30.4 Å². The predicted octanol–water partition coefficient (Wildman–Crippen LogP) is 1.70. The van der Waals surface area contributed by atoms with E-state index >= 15 is 0 Å². The smallest absolute Gasteiger partial charge is 0.269 e. The Morgan fingerprint density at radius 3 is 2.74 bits per heavy atom. The molecule has 6 nitrogen and oxygen atoms in total. The van der Waals surface area contributed by atoms with E-state index in [9.17, 15) is 4.79 Å². The lowest BCUT2D eigenvalue weighted by molar-refractivity contribution is 0.0939.